The number of unbranched alkanes of at least 4 members (excludes halogenated alkanes) is 1. The number of benzene rings is 1. The lowest BCUT2D eigenvalue weighted by Gasteiger charge is -2.07. The van der Waals surface area contributed by atoms with E-state index in [9.17, 15) is 4.39 Å². The van der Waals surface area contributed by atoms with E-state index in [1.807, 2.05) is 6.07 Å². The maximum atomic E-state index is 13.1. The molecule has 0 saturated heterocycles. The first-order chi connectivity index (χ1) is 7.26. The van der Waals surface area contributed by atoms with Gasteiger partial charge in [-0.25, -0.2) is 4.39 Å². The normalized spacial score (nSPS) is 10.3. The van der Waals surface area contributed by atoms with Gasteiger partial charge in [-0.3, -0.25) is 0 Å². The Labute approximate surface area is 90.2 Å². The van der Waals surface area contributed by atoms with Gasteiger partial charge in [-0.05, 0) is 37.1 Å². The zero-order valence-corrected chi connectivity index (χ0v) is 9.13. The van der Waals surface area contributed by atoms with Crippen molar-refractivity contribution in [2.75, 3.05) is 13.2 Å². The van der Waals surface area contributed by atoms with Gasteiger partial charge in [0.15, 0.2) is 0 Å². The van der Waals surface area contributed by atoms with Crippen LogP contribution >= 0.6 is 0 Å². The molecule has 0 fully saturated rings. The molecule has 1 aromatic rings. The van der Waals surface area contributed by atoms with Gasteiger partial charge in [0.2, 0.25) is 0 Å². The molecule has 0 spiro atoms. The molecule has 0 aliphatic carbocycles. The van der Waals surface area contributed by atoms with Crippen LogP contribution in [0, 0.1) is 5.82 Å². The minimum atomic E-state index is -0.257. The van der Waals surface area contributed by atoms with Crippen LogP contribution in [0.25, 0.3) is 0 Å². The summed E-state index contributed by atoms with van der Waals surface area (Å²) in [5, 5.41) is 0. The smallest absolute Gasteiger partial charge is 0.127 e. The molecule has 0 unspecified atom stereocenters. The first-order valence-electron chi connectivity index (χ1n) is 5.38. The molecule has 1 rings (SSSR count). The molecule has 3 heteroatoms. The van der Waals surface area contributed by atoms with Crippen LogP contribution in [-0.2, 0) is 6.42 Å². The lowest BCUT2D eigenvalue weighted by atomic mass is 10.1. The van der Waals surface area contributed by atoms with E-state index < -0.39 is 0 Å². The average molecular weight is 211 g/mol. The largest absolute Gasteiger partial charge is 0.493 e. The Bertz CT molecular complexity index is 302. The van der Waals surface area contributed by atoms with Crippen LogP contribution in [0.2, 0.25) is 0 Å². The van der Waals surface area contributed by atoms with Gasteiger partial charge in [0, 0.05) is 6.07 Å². The number of hydrogen-bond donors (Lipinski definition) is 1. The van der Waals surface area contributed by atoms with Gasteiger partial charge in [-0.15, -0.1) is 0 Å². The van der Waals surface area contributed by atoms with E-state index in [1.165, 1.54) is 12.1 Å². The summed E-state index contributed by atoms with van der Waals surface area (Å²) in [6.07, 6.45) is 2.75. The van der Waals surface area contributed by atoms with E-state index in [4.69, 9.17) is 10.5 Å². The van der Waals surface area contributed by atoms with Crippen LogP contribution in [-0.4, -0.2) is 13.2 Å². The van der Waals surface area contributed by atoms with Crippen LogP contribution in [0.3, 0.4) is 0 Å². The van der Waals surface area contributed by atoms with Crippen molar-refractivity contribution in [3.05, 3.63) is 29.6 Å². The van der Waals surface area contributed by atoms with Crippen molar-refractivity contribution < 1.29 is 9.13 Å². The third-order valence-electron chi connectivity index (χ3n) is 2.13. The van der Waals surface area contributed by atoms with Crippen molar-refractivity contribution >= 4 is 0 Å². The lowest BCUT2D eigenvalue weighted by Crippen LogP contribution is -2.04. The van der Waals surface area contributed by atoms with Crippen LogP contribution in [0.15, 0.2) is 18.2 Å². The molecule has 0 amide bonds. The van der Waals surface area contributed by atoms with Crippen molar-refractivity contribution in [3.8, 4) is 5.75 Å². The summed E-state index contributed by atoms with van der Waals surface area (Å²) >= 11 is 0. The first-order valence-corrected chi connectivity index (χ1v) is 5.38. The zero-order chi connectivity index (χ0) is 11.1. The third kappa shape index (κ3) is 4.30. The van der Waals surface area contributed by atoms with Gasteiger partial charge < -0.3 is 10.5 Å². The van der Waals surface area contributed by atoms with Gasteiger partial charge in [0.25, 0.3) is 0 Å². The van der Waals surface area contributed by atoms with Crippen LogP contribution in [0.1, 0.15) is 25.3 Å². The number of rotatable bonds is 6. The number of halogens is 1. The monoisotopic (exact) mass is 211 g/mol. The van der Waals surface area contributed by atoms with Gasteiger partial charge in [-0.1, -0.05) is 13.3 Å². The highest BCUT2D eigenvalue weighted by Crippen LogP contribution is 2.17. The second-order valence-electron chi connectivity index (χ2n) is 3.54. The van der Waals surface area contributed by atoms with E-state index in [1.54, 1.807) is 0 Å². The molecule has 1 aromatic carbocycles. The second kappa shape index (κ2) is 6.40. The fourth-order valence-corrected chi connectivity index (χ4v) is 1.35. The van der Waals surface area contributed by atoms with Crippen LogP contribution < -0.4 is 10.5 Å². The van der Waals surface area contributed by atoms with Crippen molar-refractivity contribution in [1.82, 2.24) is 0 Å². The van der Waals surface area contributed by atoms with Crippen molar-refractivity contribution in [3.63, 3.8) is 0 Å². The molecule has 0 aromatic heterocycles. The highest BCUT2D eigenvalue weighted by molar-refractivity contribution is 5.29. The molecule has 2 nitrogen and oxygen atoms in total. The minimum Gasteiger partial charge on any atom is -0.493 e. The molecule has 0 heterocycles. The number of ether oxygens (including phenoxy) is 1. The second-order valence-corrected chi connectivity index (χ2v) is 3.54. The summed E-state index contributed by atoms with van der Waals surface area (Å²) in [7, 11) is 0. The van der Waals surface area contributed by atoms with E-state index in [-0.39, 0.29) is 5.82 Å². The Morgan fingerprint density at radius 2 is 2.13 bits per heavy atom. The standard InChI is InChI=1S/C12H18FNO/c1-2-3-6-15-12-8-10(4-5-14)7-11(13)9-12/h7-9H,2-6,14H2,1H3. The Kier molecular flexibility index (Phi) is 5.12. The number of nitrogens with two attached hydrogens (primary N) is 1. The van der Waals surface area contributed by atoms with Crippen molar-refractivity contribution in [1.29, 1.82) is 0 Å². The Morgan fingerprint density at radius 3 is 2.80 bits per heavy atom. The summed E-state index contributed by atoms with van der Waals surface area (Å²) in [4.78, 5) is 0. The Morgan fingerprint density at radius 1 is 1.33 bits per heavy atom. The predicted molar refractivity (Wildman–Crippen MR) is 59.6 cm³/mol. The van der Waals surface area contributed by atoms with Gasteiger partial charge >= 0.3 is 0 Å². The van der Waals surface area contributed by atoms with E-state index in [0.29, 0.717) is 25.3 Å². The quantitative estimate of drug-likeness (QED) is 0.734. The summed E-state index contributed by atoms with van der Waals surface area (Å²) < 4.78 is 18.6. The van der Waals surface area contributed by atoms with Gasteiger partial charge in [0.05, 0.1) is 6.61 Å². The van der Waals surface area contributed by atoms with E-state index in [0.717, 1.165) is 18.4 Å². The highest BCUT2D eigenvalue weighted by atomic mass is 19.1. The van der Waals surface area contributed by atoms with E-state index in [2.05, 4.69) is 6.92 Å². The van der Waals surface area contributed by atoms with Crippen molar-refractivity contribution in [2.24, 2.45) is 5.73 Å². The summed E-state index contributed by atoms with van der Waals surface area (Å²) in [5.74, 6) is 0.347. The van der Waals surface area contributed by atoms with Crippen LogP contribution in [0.4, 0.5) is 4.39 Å². The topological polar surface area (TPSA) is 35.2 Å². The first kappa shape index (κ1) is 12.0. The fourth-order valence-electron chi connectivity index (χ4n) is 1.35. The number of hydrogen-bond acceptors (Lipinski definition) is 2. The van der Waals surface area contributed by atoms with Gasteiger partial charge in [0.1, 0.15) is 11.6 Å². The van der Waals surface area contributed by atoms with Gasteiger partial charge in [-0.2, -0.15) is 0 Å². The lowest BCUT2D eigenvalue weighted by molar-refractivity contribution is 0.307. The van der Waals surface area contributed by atoms with Crippen molar-refractivity contribution in [2.45, 2.75) is 26.2 Å². The minimum absolute atomic E-state index is 0.257. The summed E-state index contributed by atoms with van der Waals surface area (Å²) in [6.45, 7) is 3.26. The maximum absolute atomic E-state index is 13.1. The molecule has 0 atom stereocenters. The van der Waals surface area contributed by atoms with Crippen LogP contribution in [0.5, 0.6) is 5.75 Å². The molecular formula is C12H18FNO. The molecular weight excluding hydrogens is 193 g/mol. The summed E-state index contributed by atoms with van der Waals surface area (Å²) in [6, 6.07) is 4.76. The zero-order valence-electron chi connectivity index (χ0n) is 9.13. The molecule has 0 aliphatic heterocycles. The Hall–Kier alpha value is -1.09. The average Bonchev–Trinajstić information content (AvgIpc) is 2.18. The maximum Gasteiger partial charge on any atom is 0.127 e. The molecule has 0 radical (unpaired) electrons. The highest BCUT2D eigenvalue weighted by Gasteiger charge is 2.01. The predicted octanol–water partition coefficient (Wildman–Crippen LogP) is 2.51. The third-order valence-corrected chi connectivity index (χ3v) is 2.13. The molecule has 0 aliphatic rings. The summed E-state index contributed by atoms with van der Waals surface area (Å²) in [5.41, 5.74) is 6.31. The Balaban J connectivity index is 2.62. The SMILES string of the molecule is CCCCOc1cc(F)cc(CCN)c1. The fraction of sp³-hybridized carbons (Fsp3) is 0.500. The molecule has 0 saturated carbocycles. The van der Waals surface area contributed by atoms with E-state index >= 15 is 0 Å². The molecule has 15 heavy (non-hydrogen) atoms. The molecule has 84 valence electrons. The molecule has 0 bridgehead atoms. The molecule has 2 N–H and O–H groups in total.